The molecule has 0 fully saturated rings. The van der Waals surface area contributed by atoms with E-state index in [2.05, 4.69) is 0 Å². The number of aromatic nitrogens is 1. The van der Waals surface area contributed by atoms with E-state index in [0.29, 0.717) is 17.1 Å². The molecule has 0 saturated carbocycles. The number of benzene rings is 3. The summed E-state index contributed by atoms with van der Waals surface area (Å²) in [5, 5.41) is 21.6. The summed E-state index contributed by atoms with van der Waals surface area (Å²) in [6, 6.07) is 16.6. The monoisotopic (exact) mass is 483 g/mol. The van der Waals surface area contributed by atoms with Crippen molar-refractivity contribution in [2.45, 2.75) is 6.18 Å². The average Bonchev–Trinajstić information content (AvgIpc) is 3.13. The van der Waals surface area contributed by atoms with Gasteiger partial charge in [-0.2, -0.15) is 13.2 Å². The number of methoxy groups -OCH3 is 2. The van der Waals surface area contributed by atoms with E-state index in [-0.39, 0.29) is 22.5 Å². The lowest BCUT2D eigenvalue weighted by atomic mass is 9.99. The van der Waals surface area contributed by atoms with Crippen LogP contribution in [-0.2, 0) is 6.18 Å². The summed E-state index contributed by atoms with van der Waals surface area (Å²) in [5.41, 5.74) is -0.760. The van der Waals surface area contributed by atoms with Crippen LogP contribution in [0.2, 0.25) is 0 Å². The number of hydrogen-bond donors (Lipinski definition) is 2. The van der Waals surface area contributed by atoms with Crippen molar-refractivity contribution in [1.29, 1.82) is 0 Å². The predicted octanol–water partition coefficient (Wildman–Crippen LogP) is 5.82. The van der Waals surface area contributed by atoms with Gasteiger partial charge in [-0.15, -0.1) is 0 Å². The van der Waals surface area contributed by atoms with Gasteiger partial charge >= 0.3 is 6.18 Å². The number of hydrogen-bond acceptors (Lipinski definition) is 5. The van der Waals surface area contributed by atoms with Crippen molar-refractivity contribution in [2.75, 3.05) is 14.2 Å². The molecule has 35 heavy (non-hydrogen) atoms. The standard InChI is InChI=1S/C26H20F3NO5/c1-34-19-10-6-15(7-11-19)22-21(23(31)16-8-12-20(35-2)13-9-16)24(32)25(33)30(22)18-5-3-4-17(14-18)26(27,28)29/h3-14,32-33H,1-2H3. The van der Waals surface area contributed by atoms with Gasteiger partial charge in [0.25, 0.3) is 0 Å². The van der Waals surface area contributed by atoms with Gasteiger partial charge in [-0.25, -0.2) is 0 Å². The molecule has 4 aromatic rings. The minimum atomic E-state index is -4.64. The van der Waals surface area contributed by atoms with Gasteiger partial charge in [0.15, 0.2) is 11.5 Å². The molecule has 0 bridgehead atoms. The number of ketones is 1. The number of carbonyl (C=O) groups excluding carboxylic acids is 1. The molecule has 3 aromatic carbocycles. The van der Waals surface area contributed by atoms with E-state index in [1.807, 2.05) is 0 Å². The van der Waals surface area contributed by atoms with Gasteiger partial charge in [0.1, 0.15) is 11.5 Å². The van der Waals surface area contributed by atoms with Crippen LogP contribution in [0, 0.1) is 0 Å². The maximum atomic E-state index is 13.5. The van der Waals surface area contributed by atoms with Crippen LogP contribution in [0.5, 0.6) is 23.1 Å². The van der Waals surface area contributed by atoms with E-state index >= 15 is 0 Å². The van der Waals surface area contributed by atoms with Crippen molar-refractivity contribution < 1.29 is 37.7 Å². The smallest absolute Gasteiger partial charge is 0.416 e. The summed E-state index contributed by atoms with van der Waals surface area (Å²) in [6.07, 6.45) is -4.64. The third-order valence-corrected chi connectivity index (χ3v) is 5.50. The minimum absolute atomic E-state index is 0.0165. The van der Waals surface area contributed by atoms with E-state index in [4.69, 9.17) is 9.47 Å². The number of alkyl halides is 3. The number of ether oxygens (including phenoxy) is 2. The molecule has 0 saturated heterocycles. The van der Waals surface area contributed by atoms with Crippen LogP contribution in [0.1, 0.15) is 21.5 Å². The normalized spacial score (nSPS) is 11.3. The van der Waals surface area contributed by atoms with Gasteiger partial charge < -0.3 is 19.7 Å². The predicted molar refractivity (Wildman–Crippen MR) is 123 cm³/mol. The van der Waals surface area contributed by atoms with Gasteiger partial charge in [0.05, 0.1) is 31.0 Å². The Balaban J connectivity index is 1.99. The van der Waals surface area contributed by atoms with Crippen LogP contribution >= 0.6 is 0 Å². The highest BCUT2D eigenvalue weighted by molar-refractivity contribution is 6.15. The molecule has 180 valence electrons. The molecule has 0 aliphatic carbocycles. The Morgan fingerprint density at radius 1 is 0.857 bits per heavy atom. The molecule has 0 spiro atoms. The Hall–Kier alpha value is -4.40. The van der Waals surface area contributed by atoms with Crippen molar-refractivity contribution >= 4 is 5.78 Å². The van der Waals surface area contributed by atoms with E-state index in [1.165, 1.54) is 38.5 Å². The third-order valence-electron chi connectivity index (χ3n) is 5.50. The zero-order valence-electron chi connectivity index (χ0n) is 18.6. The maximum Gasteiger partial charge on any atom is 0.416 e. The SMILES string of the molecule is COc1ccc(C(=O)c2c(O)c(O)n(-c3cccc(C(F)(F)F)c3)c2-c2ccc(OC)cc2)cc1. The van der Waals surface area contributed by atoms with Gasteiger partial charge in [0.2, 0.25) is 5.88 Å². The summed E-state index contributed by atoms with van der Waals surface area (Å²) >= 11 is 0. The zero-order valence-corrected chi connectivity index (χ0v) is 18.6. The molecule has 0 atom stereocenters. The molecular formula is C26H20F3NO5. The molecule has 9 heteroatoms. The van der Waals surface area contributed by atoms with Crippen molar-refractivity contribution in [3.8, 4) is 40.1 Å². The first kappa shape index (κ1) is 23.7. The molecule has 6 nitrogen and oxygen atoms in total. The Morgan fingerprint density at radius 3 is 1.97 bits per heavy atom. The second-order valence-corrected chi connectivity index (χ2v) is 7.57. The van der Waals surface area contributed by atoms with Crippen molar-refractivity contribution in [3.05, 3.63) is 89.5 Å². The molecular weight excluding hydrogens is 463 g/mol. The lowest BCUT2D eigenvalue weighted by molar-refractivity contribution is -0.137. The first-order chi connectivity index (χ1) is 16.7. The second-order valence-electron chi connectivity index (χ2n) is 7.57. The highest BCUT2D eigenvalue weighted by atomic mass is 19.4. The first-order valence-electron chi connectivity index (χ1n) is 10.3. The molecule has 2 N–H and O–H groups in total. The Bertz CT molecular complexity index is 1370. The van der Waals surface area contributed by atoms with E-state index in [0.717, 1.165) is 16.7 Å². The molecule has 0 aliphatic heterocycles. The Labute approximate surface area is 198 Å². The number of nitrogens with zero attached hydrogens (tertiary/aromatic N) is 1. The molecule has 1 aromatic heterocycles. The number of aromatic hydroxyl groups is 2. The van der Waals surface area contributed by atoms with Crippen LogP contribution in [0.25, 0.3) is 16.9 Å². The summed E-state index contributed by atoms with van der Waals surface area (Å²) in [7, 11) is 2.94. The van der Waals surface area contributed by atoms with Gasteiger partial charge in [-0.1, -0.05) is 6.07 Å². The van der Waals surface area contributed by atoms with Crippen LogP contribution in [-0.4, -0.2) is 34.8 Å². The van der Waals surface area contributed by atoms with Gasteiger partial charge in [-0.05, 0) is 72.3 Å². The third kappa shape index (κ3) is 4.40. The molecule has 4 rings (SSSR count). The van der Waals surface area contributed by atoms with Crippen LogP contribution in [0.3, 0.4) is 0 Å². The van der Waals surface area contributed by atoms with E-state index in [9.17, 15) is 28.2 Å². The average molecular weight is 483 g/mol. The number of halogens is 3. The summed E-state index contributed by atoms with van der Waals surface area (Å²) in [5.74, 6) is -1.16. The zero-order chi connectivity index (χ0) is 25.3. The Morgan fingerprint density at radius 2 is 1.43 bits per heavy atom. The lowest BCUT2D eigenvalue weighted by Crippen LogP contribution is -2.07. The number of rotatable bonds is 6. The molecule has 0 amide bonds. The largest absolute Gasteiger partial charge is 0.503 e. The van der Waals surface area contributed by atoms with Crippen LogP contribution < -0.4 is 9.47 Å². The van der Waals surface area contributed by atoms with Gasteiger partial charge in [0, 0.05) is 11.3 Å². The lowest BCUT2D eigenvalue weighted by Gasteiger charge is -2.14. The topological polar surface area (TPSA) is 80.9 Å². The van der Waals surface area contributed by atoms with Crippen LogP contribution in [0.4, 0.5) is 13.2 Å². The minimum Gasteiger partial charge on any atom is -0.503 e. The van der Waals surface area contributed by atoms with Crippen molar-refractivity contribution in [3.63, 3.8) is 0 Å². The number of carbonyl (C=O) groups is 1. The van der Waals surface area contributed by atoms with E-state index in [1.54, 1.807) is 36.4 Å². The van der Waals surface area contributed by atoms with E-state index < -0.39 is 29.2 Å². The maximum absolute atomic E-state index is 13.5. The summed E-state index contributed by atoms with van der Waals surface area (Å²) in [4.78, 5) is 13.5. The Kier molecular flexibility index (Phi) is 6.17. The summed E-state index contributed by atoms with van der Waals surface area (Å²) < 4.78 is 51.4. The first-order valence-corrected chi connectivity index (χ1v) is 10.3. The quantitative estimate of drug-likeness (QED) is 0.338. The van der Waals surface area contributed by atoms with Crippen molar-refractivity contribution in [2.24, 2.45) is 0 Å². The second kappa shape index (κ2) is 9.09. The van der Waals surface area contributed by atoms with Gasteiger partial charge in [-0.3, -0.25) is 9.36 Å². The molecule has 0 aliphatic rings. The fourth-order valence-corrected chi connectivity index (χ4v) is 3.74. The van der Waals surface area contributed by atoms with Crippen molar-refractivity contribution in [1.82, 2.24) is 4.57 Å². The molecule has 0 unspecified atom stereocenters. The highest BCUT2D eigenvalue weighted by Gasteiger charge is 2.33. The highest BCUT2D eigenvalue weighted by Crippen LogP contribution is 2.45. The molecule has 1 heterocycles. The van der Waals surface area contributed by atoms with Crippen LogP contribution in [0.15, 0.2) is 72.8 Å². The fraction of sp³-hybridized carbons (Fsp3) is 0.115. The molecule has 0 radical (unpaired) electrons. The fourth-order valence-electron chi connectivity index (χ4n) is 3.74. The summed E-state index contributed by atoms with van der Waals surface area (Å²) in [6.45, 7) is 0.